The van der Waals surface area contributed by atoms with Gasteiger partial charge in [0, 0.05) is 41.8 Å². The number of nitrogens with one attached hydrogen (secondary N) is 1. The van der Waals surface area contributed by atoms with E-state index in [0.717, 1.165) is 48.6 Å². The molecule has 7 nitrogen and oxygen atoms in total. The van der Waals surface area contributed by atoms with Crippen molar-refractivity contribution in [3.05, 3.63) is 77.6 Å². The maximum Gasteiger partial charge on any atom is 0.238 e. The Morgan fingerprint density at radius 3 is 2.61 bits per heavy atom. The number of benzene rings is 2. The number of amides is 1. The van der Waals surface area contributed by atoms with Gasteiger partial charge in [0.05, 0.1) is 12.0 Å². The summed E-state index contributed by atoms with van der Waals surface area (Å²) in [5, 5.41) is 3.14. The van der Waals surface area contributed by atoms with Gasteiger partial charge >= 0.3 is 0 Å². The van der Waals surface area contributed by atoms with Crippen molar-refractivity contribution in [2.45, 2.75) is 67.8 Å². The van der Waals surface area contributed by atoms with Gasteiger partial charge < -0.3 is 19.5 Å². The van der Waals surface area contributed by atoms with E-state index >= 15 is 0 Å². The number of ketones is 1. The van der Waals surface area contributed by atoms with Crippen molar-refractivity contribution in [3.63, 3.8) is 0 Å². The van der Waals surface area contributed by atoms with E-state index in [0.29, 0.717) is 11.3 Å². The van der Waals surface area contributed by atoms with Gasteiger partial charge in [-0.3, -0.25) is 14.5 Å². The number of hydrogen-bond donors (Lipinski definition) is 1. The summed E-state index contributed by atoms with van der Waals surface area (Å²) in [6.45, 7) is 0. The first-order chi connectivity index (χ1) is 18.6. The van der Waals surface area contributed by atoms with Crippen LogP contribution in [0.4, 0.5) is 5.69 Å². The molecule has 4 fully saturated rings. The highest BCUT2D eigenvalue weighted by Crippen LogP contribution is 2.60. The molecule has 38 heavy (non-hydrogen) atoms. The molecule has 1 N–H and O–H groups in total. The van der Waals surface area contributed by atoms with Gasteiger partial charge in [-0.2, -0.15) is 0 Å². The molecule has 2 spiro atoms. The average molecular weight is 531 g/mol. The second kappa shape index (κ2) is 8.42. The molecular weight excluding hydrogens is 500 g/mol. The number of anilines is 1. The van der Waals surface area contributed by atoms with Gasteiger partial charge in [-0.25, -0.2) is 0 Å². The van der Waals surface area contributed by atoms with Crippen molar-refractivity contribution in [1.29, 1.82) is 0 Å². The van der Waals surface area contributed by atoms with E-state index in [9.17, 15) is 9.59 Å². The highest BCUT2D eigenvalue weighted by Gasteiger charge is 2.71. The Balaban J connectivity index is 1.26. The summed E-state index contributed by atoms with van der Waals surface area (Å²) in [5.74, 6) is 0.964. The Morgan fingerprint density at radius 2 is 1.79 bits per heavy atom. The Labute approximate surface area is 225 Å². The quantitative estimate of drug-likeness (QED) is 0.588. The molecule has 196 valence electrons. The Hall–Kier alpha value is -2.65. The number of ether oxygens (including phenoxy) is 3. The van der Waals surface area contributed by atoms with Crippen molar-refractivity contribution in [3.8, 4) is 0 Å². The van der Waals surface area contributed by atoms with Gasteiger partial charge in [-0.15, -0.1) is 11.8 Å². The molecule has 2 aromatic rings. The van der Waals surface area contributed by atoms with Gasteiger partial charge in [0.2, 0.25) is 12.2 Å². The highest BCUT2D eigenvalue weighted by molar-refractivity contribution is 7.99. The summed E-state index contributed by atoms with van der Waals surface area (Å²) in [7, 11) is 0. The Kier molecular flexibility index (Phi) is 5.15. The number of thioether (sulfide) groups is 1. The molecule has 6 aliphatic rings. The zero-order chi connectivity index (χ0) is 25.5. The van der Waals surface area contributed by atoms with E-state index in [-0.39, 0.29) is 23.8 Å². The zero-order valence-corrected chi connectivity index (χ0v) is 21.8. The van der Waals surface area contributed by atoms with Gasteiger partial charge in [0.15, 0.2) is 11.6 Å². The molecule has 2 aromatic carbocycles. The third kappa shape index (κ3) is 3.09. The first kappa shape index (κ1) is 23.3. The largest absolute Gasteiger partial charge is 0.464 e. The van der Waals surface area contributed by atoms with Crippen molar-refractivity contribution in [1.82, 2.24) is 4.90 Å². The third-order valence-corrected chi connectivity index (χ3v) is 10.4. The maximum atomic E-state index is 14.3. The summed E-state index contributed by atoms with van der Waals surface area (Å²) in [5.41, 5.74) is 1.17. The highest BCUT2D eigenvalue weighted by atomic mass is 32.2. The fourth-order valence-electron chi connectivity index (χ4n) is 7.82. The van der Waals surface area contributed by atoms with Crippen molar-refractivity contribution < 1.29 is 23.8 Å². The molecule has 6 unspecified atom stereocenters. The number of carbonyl (C=O) groups excluding carboxylic acids is 2. The third-order valence-electron chi connectivity index (χ3n) is 9.35. The van der Waals surface area contributed by atoms with Crippen LogP contribution in [0.5, 0.6) is 0 Å². The summed E-state index contributed by atoms with van der Waals surface area (Å²) in [4.78, 5) is 30.9. The first-order valence-electron chi connectivity index (χ1n) is 13.7. The zero-order valence-electron chi connectivity index (χ0n) is 21.0. The van der Waals surface area contributed by atoms with Crippen molar-refractivity contribution in [2.75, 3.05) is 16.9 Å². The van der Waals surface area contributed by atoms with Crippen LogP contribution in [-0.4, -0.2) is 58.5 Å². The summed E-state index contributed by atoms with van der Waals surface area (Å²) in [6, 6.07) is 16.7. The molecular formula is C30H30N2O5S. The monoisotopic (exact) mass is 530 g/mol. The van der Waals surface area contributed by atoms with E-state index in [4.69, 9.17) is 14.2 Å². The van der Waals surface area contributed by atoms with Gasteiger partial charge in [0.1, 0.15) is 17.3 Å². The van der Waals surface area contributed by atoms with E-state index in [1.807, 2.05) is 60.7 Å². The molecule has 0 bridgehead atoms. The van der Waals surface area contributed by atoms with Crippen LogP contribution in [0, 0.1) is 5.92 Å². The standard InChI is InChI=1S/C30H30N2O5S/c33-25(18-9-3-1-4-10-18)24-21-16-38-17-32(21)26(30(24)19-11-5-6-12-20(19)31-28(30)34)22-15-23-27(35-22)37-29(36-23)13-7-2-8-14-29/h1,3-6,9-12,15,21,23-24,26-27H,2,7-8,13-14,16-17H2,(H,31,34). The van der Waals surface area contributed by atoms with Crippen molar-refractivity contribution in [2.24, 2.45) is 5.92 Å². The molecule has 0 radical (unpaired) electrons. The topological polar surface area (TPSA) is 77.1 Å². The van der Waals surface area contributed by atoms with Crippen LogP contribution >= 0.6 is 11.8 Å². The second-order valence-electron chi connectivity index (χ2n) is 11.3. The molecule has 1 saturated carbocycles. The molecule has 5 heterocycles. The van der Waals surface area contributed by atoms with Gasteiger partial charge in [-0.05, 0) is 30.5 Å². The van der Waals surface area contributed by atoms with Crippen LogP contribution in [0.2, 0.25) is 0 Å². The molecule has 8 heteroatoms. The minimum atomic E-state index is -1.11. The predicted molar refractivity (Wildman–Crippen MR) is 142 cm³/mol. The number of hydrogen-bond acceptors (Lipinski definition) is 7. The molecule has 8 rings (SSSR count). The molecule has 5 aliphatic heterocycles. The predicted octanol–water partition coefficient (Wildman–Crippen LogP) is 4.45. The Bertz CT molecular complexity index is 1340. The number of fused-ring (bicyclic) bond motifs is 4. The molecule has 6 atom stereocenters. The maximum absolute atomic E-state index is 14.3. The number of nitrogens with zero attached hydrogens (tertiary/aromatic N) is 1. The SMILES string of the molecule is O=C(c1ccccc1)C1C2CSCN2C(C2=CC3OC4(CCCCC4)OC3O2)C12C(=O)Nc1ccccc12. The smallest absolute Gasteiger partial charge is 0.238 e. The number of Topliss-reactive ketones (excluding diaryl/α,β-unsaturated/α-hetero) is 1. The van der Waals surface area contributed by atoms with Gasteiger partial charge in [-0.1, -0.05) is 55.0 Å². The molecule has 1 amide bonds. The lowest BCUT2D eigenvalue weighted by molar-refractivity contribution is -0.221. The summed E-state index contributed by atoms with van der Waals surface area (Å²) in [6.07, 6.45) is 6.36. The van der Waals surface area contributed by atoms with E-state index in [1.54, 1.807) is 11.8 Å². The number of rotatable bonds is 3. The second-order valence-corrected chi connectivity index (χ2v) is 12.3. The number of carbonyl (C=O) groups is 2. The van der Waals surface area contributed by atoms with Crippen LogP contribution < -0.4 is 5.32 Å². The van der Waals surface area contributed by atoms with Crippen LogP contribution in [0.25, 0.3) is 0 Å². The molecule has 0 aromatic heterocycles. The normalized spacial score (nSPS) is 36.6. The van der Waals surface area contributed by atoms with Crippen LogP contribution in [0.1, 0.15) is 48.0 Å². The van der Waals surface area contributed by atoms with Crippen molar-refractivity contribution >= 4 is 29.1 Å². The van der Waals surface area contributed by atoms with Crippen LogP contribution in [-0.2, 0) is 24.4 Å². The molecule has 1 aliphatic carbocycles. The fourth-order valence-corrected chi connectivity index (χ4v) is 9.10. The van der Waals surface area contributed by atoms with E-state index in [1.165, 1.54) is 6.42 Å². The average Bonchev–Trinajstić information content (AvgIpc) is 3.72. The lowest BCUT2D eigenvalue weighted by Gasteiger charge is -2.37. The Morgan fingerprint density at radius 1 is 1.00 bits per heavy atom. The van der Waals surface area contributed by atoms with E-state index in [2.05, 4.69) is 10.2 Å². The first-order valence-corrected chi connectivity index (χ1v) is 14.8. The van der Waals surface area contributed by atoms with Crippen LogP contribution in [0.3, 0.4) is 0 Å². The van der Waals surface area contributed by atoms with Crippen LogP contribution in [0.15, 0.2) is 66.4 Å². The summed E-state index contributed by atoms with van der Waals surface area (Å²) >= 11 is 1.81. The lowest BCUT2D eigenvalue weighted by atomic mass is 9.64. The number of para-hydroxylation sites is 1. The van der Waals surface area contributed by atoms with E-state index < -0.39 is 29.5 Å². The fraction of sp³-hybridized carbons (Fsp3) is 0.467. The van der Waals surface area contributed by atoms with Gasteiger partial charge in [0.25, 0.3) is 0 Å². The summed E-state index contributed by atoms with van der Waals surface area (Å²) < 4.78 is 19.5. The lowest BCUT2D eigenvalue weighted by Crippen LogP contribution is -2.52. The molecule has 3 saturated heterocycles. The minimum absolute atomic E-state index is 0.00454. The minimum Gasteiger partial charge on any atom is -0.464 e.